The van der Waals surface area contributed by atoms with Crippen molar-refractivity contribution < 1.29 is 28.2 Å². The lowest BCUT2D eigenvalue weighted by Crippen LogP contribution is -1.90. The second-order valence-electron chi connectivity index (χ2n) is 8.97. The highest BCUT2D eigenvalue weighted by atomic mass is 16.5. The van der Waals surface area contributed by atoms with Crippen molar-refractivity contribution in [3.8, 4) is 17.2 Å². The molecule has 214 valence electrons. The third-order valence-corrected chi connectivity index (χ3v) is 7.00. The number of hydrogen-bond donors (Lipinski definition) is 1. The third-order valence-electron chi connectivity index (χ3n) is 7.00. The largest absolute Gasteiger partial charge is 0.496 e. The van der Waals surface area contributed by atoms with E-state index in [1.54, 1.807) is 21.3 Å². The Hall–Kier alpha value is -4.42. The molecule has 0 saturated carbocycles. The Balaban J connectivity index is 0.000000608. The van der Waals surface area contributed by atoms with E-state index in [-0.39, 0.29) is 0 Å². The molecule has 1 N–H and O–H groups in total. The summed E-state index contributed by atoms with van der Waals surface area (Å²) in [7, 11) is 5.99. The Bertz CT molecular complexity index is 1980. The summed E-state index contributed by atoms with van der Waals surface area (Å²) in [6, 6.07) is 20.8. The van der Waals surface area contributed by atoms with Crippen LogP contribution in [0.5, 0.6) is 17.2 Å². The smallest absolute Gasteiger partial charge is 0.161 e. The van der Waals surface area contributed by atoms with Gasteiger partial charge in [-0.1, -0.05) is 27.7 Å². The van der Waals surface area contributed by atoms with Gasteiger partial charge in [-0.05, 0) is 94.7 Å². The molecule has 0 unspecified atom stereocenters. The summed E-state index contributed by atoms with van der Waals surface area (Å²) in [4.78, 5) is 0. The minimum absolute atomic E-state index is 0.693. The second kappa shape index (κ2) is 12.4. The zero-order chi connectivity index (χ0) is 29.8. The highest BCUT2D eigenvalue weighted by molar-refractivity contribution is 6.18. The number of fused-ring (bicyclic) bond motifs is 8. The van der Waals surface area contributed by atoms with Crippen LogP contribution in [0.4, 0.5) is 0 Å². The number of rotatable bonds is 3. The van der Waals surface area contributed by atoms with Gasteiger partial charge >= 0.3 is 0 Å². The van der Waals surface area contributed by atoms with E-state index in [0.717, 1.165) is 83.8 Å². The zero-order valence-electron chi connectivity index (χ0n) is 25.3. The molecule has 0 aliphatic heterocycles. The van der Waals surface area contributed by atoms with Gasteiger partial charge in [-0.2, -0.15) is 0 Å². The number of benzene rings is 5. The van der Waals surface area contributed by atoms with Crippen molar-refractivity contribution in [3.63, 3.8) is 0 Å². The van der Waals surface area contributed by atoms with Gasteiger partial charge in [-0.15, -0.1) is 0 Å². The number of furan rings is 2. The van der Waals surface area contributed by atoms with Crippen molar-refractivity contribution in [1.29, 1.82) is 0 Å². The van der Waals surface area contributed by atoms with Gasteiger partial charge in [0.05, 0.1) is 21.3 Å². The maximum atomic E-state index is 7.00. The molecule has 6 heteroatoms. The van der Waals surface area contributed by atoms with E-state index in [0.29, 0.717) is 11.5 Å². The average Bonchev–Trinajstić information content (AvgIpc) is 3.55. The van der Waals surface area contributed by atoms with Crippen LogP contribution >= 0.6 is 0 Å². The predicted octanol–water partition coefficient (Wildman–Crippen LogP) is 9.79. The maximum absolute atomic E-state index is 7.00. The molecule has 0 aliphatic rings. The summed E-state index contributed by atoms with van der Waals surface area (Å²) in [5, 5.41) is 15.5. The molecule has 5 aromatic carbocycles. The number of aliphatic hydroxyl groups excluding tert-OH is 1. The van der Waals surface area contributed by atoms with Crippen LogP contribution in [0.15, 0.2) is 69.5 Å². The fourth-order valence-corrected chi connectivity index (χ4v) is 5.22. The normalized spacial score (nSPS) is 10.7. The fourth-order valence-electron chi connectivity index (χ4n) is 5.22. The summed E-state index contributed by atoms with van der Waals surface area (Å²) < 4.78 is 29.2. The Morgan fingerprint density at radius 1 is 0.439 bits per heavy atom. The first-order chi connectivity index (χ1) is 20.1. The maximum Gasteiger partial charge on any atom is 0.161 e. The molecule has 41 heavy (non-hydrogen) atoms. The van der Waals surface area contributed by atoms with Gasteiger partial charge < -0.3 is 28.2 Å². The van der Waals surface area contributed by atoms with Crippen LogP contribution in [0, 0.1) is 6.92 Å². The number of hydrogen-bond acceptors (Lipinski definition) is 6. The topological polar surface area (TPSA) is 74.2 Å². The van der Waals surface area contributed by atoms with Crippen LogP contribution in [0.2, 0.25) is 0 Å². The van der Waals surface area contributed by atoms with Gasteiger partial charge in [-0.25, -0.2) is 0 Å². The Kier molecular flexibility index (Phi) is 8.94. The van der Waals surface area contributed by atoms with E-state index < -0.39 is 0 Å². The van der Waals surface area contributed by atoms with Gasteiger partial charge in [0, 0.05) is 28.7 Å². The summed E-state index contributed by atoms with van der Waals surface area (Å²) in [5.74, 6) is 2.27. The zero-order valence-corrected chi connectivity index (χ0v) is 25.3. The van der Waals surface area contributed by atoms with Crippen LogP contribution < -0.4 is 14.2 Å². The van der Waals surface area contributed by atoms with E-state index in [4.69, 9.17) is 28.2 Å². The molecule has 7 aromatic rings. The summed E-state index contributed by atoms with van der Waals surface area (Å²) >= 11 is 0. The van der Waals surface area contributed by atoms with Crippen molar-refractivity contribution in [2.45, 2.75) is 34.6 Å². The van der Waals surface area contributed by atoms with E-state index in [1.165, 1.54) is 0 Å². The molecule has 7 rings (SSSR count). The van der Waals surface area contributed by atoms with Gasteiger partial charge in [0.15, 0.2) is 11.5 Å². The highest BCUT2D eigenvalue weighted by Crippen LogP contribution is 2.41. The highest BCUT2D eigenvalue weighted by Gasteiger charge is 2.16. The number of methoxy groups -OCH3 is 3. The molecule has 0 bridgehead atoms. The SMILES string of the molecule is CC.CC.CO.COc1cc2cc3c(cc2cc1C)oc1cc2c(cc13)oc1cc3cc(OC)c(OC)cc3cc12. The van der Waals surface area contributed by atoms with Gasteiger partial charge in [0.2, 0.25) is 0 Å². The average molecular weight is 555 g/mol. The summed E-state index contributed by atoms with van der Waals surface area (Å²) in [6.45, 7) is 10.1. The quantitative estimate of drug-likeness (QED) is 0.234. The van der Waals surface area contributed by atoms with Gasteiger partial charge in [0.1, 0.15) is 28.1 Å². The van der Waals surface area contributed by atoms with Crippen LogP contribution in [0.1, 0.15) is 33.3 Å². The lowest BCUT2D eigenvalue weighted by atomic mass is 10.0. The van der Waals surface area contributed by atoms with E-state index in [1.807, 2.05) is 39.8 Å². The van der Waals surface area contributed by atoms with Crippen molar-refractivity contribution in [2.75, 3.05) is 28.4 Å². The first-order valence-corrected chi connectivity index (χ1v) is 13.9. The summed E-state index contributed by atoms with van der Waals surface area (Å²) in [6.07, 6.45) is 0. The van der Waals surface area contributed by atoms with E-state index in [2.05, 4.69) is 55.5 Å². The Morgan fingerprint density at radius 3 is 1.17 bits per heavy atom. The third kappa shape index (κ3) is 5.00. The van der Waals surface area contributed by atoms with Crippen LogP contribution in [0.25, 0.3) is 65.4 Å². The van der Waals surface area contributed by atoms with Gasteiger partial charge in [0.25, 0.3) is 0 Å². The molecule has 0 amide bonds. The summed E-state index contributed by atoms with van der Waals surface area (Å²) in [5.41, 5.74) is 4.44. The number of aryl methyl sites for hydroxylation is 1. The fraction of sp³-hybridized carbons (Fsp3) is 0.257. The molecular weight excluding hydrogens is 516 g/mol. The molecule has 0 atom stereocenters. The molecule has 0 aliphatic carbocycles. The number of aliphatic hydroxyl groups is 1. The Morgan fingerprint density at radius 2 is 0.756 bits per heavy atom. The lowest BCUT2D eigenvalue weighted by Gasteiger charge is -2.09. The minimum Gasteiger partial charge on any atom is -0.496 e. The Labute approximate surface area is 240 Å². The van der Waals surface area contributed by atoms with Crippen molar-refractivity contribution in [2.24, 2.45) is 0 Å². The molecule has 6 nitrogen and oxygen atoms in total. The molecular formula is C35H38O6. The second-order valence-corrected chi connectivity index (χ2v) is 8.97. The van der Waals surface area contributed by atoms with Crippen LogP contribution in [-0.4, -0.2) is 33.5 Å². The van der Waals surface area contributed by atoms with Gasteiger partial charge in [-0.3, -0.25) is 0 Å². The molecule has 2 aromatic heterocycles. The van der Waals surface area contributed by atoms with Crippen molar-refractivity contribution in [1.82, 2.24) is 0 Å². The molecule has 0 fully saturated rings. The number of ether oxygens (including phenoxy) is 3. The minimum atomic E-state index is 0.693. The first kappa shape index (κ1) is 29.6. The van der Waals surface area contributed by atoms with E-state index >= 15 is 0 Å². The lowest BCUT2D eigenvalue weighted by molar-refractivity contribution is 0.356. The predicted molar refractivity (Wildman–Crippen MR) is 171 cm³/mol. The monoisotopic (exact) mass is 554 g/mol. The molecule has 0 spiro atoms. The van der Waals surface area contributed by atoms with Crippen molar-refractivity contribution >= 4 is 65.4 Å². The van der Waals surface area contributed by atoms with E-state index in [9.17, 15) is 0 Å². The first-order valence-electron chi connectivity index (χ1n) is 13.9. The molecule has 0 saturated heterocycles. The van der Waals surface area contributed by atoms with Crippen LogP contribution in [0.3, 0.4) is 0 Å². The van der Waals surface area contributed by atoms with Crippen molar-refractivity contribution in [3.05, 3.63) is 66.2 Å². The molecule has 2 heterocycles. The standard InChI is InChI=1S/C30H22O5.2C2H6.CH4O/c1-15-5-16-9-25-20(6-17(16)8-24(15)31-2)22-13-28-23(14-27(22)34-25)21-7-18-11-29(32-3)30(33-4)12-19(18)10-26(21)35-28;3*1-2/h5-14H,1-4H3;2*1-2H3;2H,1H3. The molecule has 0 radical (unpaired) electrons. The van der Waals surface area contributed by atoms with Crippen LogP contribution in [-0.2, 0) is 0 Å².